The van der Waals surface area contributed by atoms with Crippen LogP contribution in [-0.2, 0) is 6.42 Å². The van der Waals surface area contributed by atoms with Gasteiger partial charge in [0.25, 0.3) is 5.91 Å². The zero-order valence-electron chi connectivity index (χ0n) is 10.5. The number of fused-ring (bicyclic) bond motifs is 1. The summed E-state index contributed by atoms with van der Waals surface area (Å²) in [5.41, 5.74) is 2.94. The van der Waals surface area contributed by atoms with E-state index < -0.39 is 0 Å². The van der Waals surface area contributed by atoms with Crippen molar-refractivity contribution < 1.29 is 4.79 Å². The topological polar surface area (TPSA) is 33.2 Å². The number of benzene rings is 1. The van der Waals surface area contributed by atoms with Crippen molar-refractivity contribution >= 4 is 24.0 Å². The van der Waals surface area contributed by atoms with Gasteiger partial charge < -0.3 is 4.90 Å². The molecule has 2 heterocycles. The molecule has 0 aliphatic carbocycles. The van der Waals surface area contributed by atoms with Gasteiger partial charge in [-0.25, -0.2) is 0 Å². The average Bonchev–Trinajstić information content (AvgIpc) is 2.47. The van der Waals surface area contributed by atoms with Crippen LogP contribution >= 0.6 is 12.4 Å². The van der Waals surface area contributed by atoms with E-state index in [1.807, 2.05) is 29.2 Å². The summed E-state index contributed by atoms with van der Waals surface area (Å²) in [6.07, 6.45) is 5.37. The number of amides is 1. The molecule has 1 aliphatic rings. The van der Waals surface area contributed by atoms with Gasteiger partial charge in [0.2, 0.25) is 0 Å². The van der Waals surface area contributed by atoms with Gasteiger partial charge in [-0.1, -0.05) is 18.2 Å². The Morgan fingerprint density at radius 2 is 2.00 bits per heavy atom. The van der Waals surface area contributed by atoms with Gasteiger partial charge in [-0.05, 0) is 36.6 Å². The van der Waals surface area contributed by atoms with Crippen LogP contribution in [-0.4, -0.2) is 17.4 Å². The van der Waals surface area contributed by atoms with E-state index >= 15 is 0 Å². The van der Waals surface area contributed by atoms with Crippen molar-refractivity contribution in [2.75, 3.05) is 11.4 Å². The molecule has 4 heteroatoms. The maximum atomic E-state index is 12.4. The summed E-state index contributed by atoms with van der Waals surface area (Å²) in [6.45, 7) is 0.782. The SMILES string of the molecule is Cl.O=C(c1cccnc1)N1CCCc2ccccc21. The Hall–Kier alpha value is -1.87. The second-order valence-corrected chi connectivity index (χ2v) is 4.43. The number of anilines is 1. The van der Waals surface area contributed by atoms with Crippen molar-refractivity contribution in [2.45, 2.75) is 12.8 Å². The maximum Gasteiger partial charge on any atom is 0.259 e. The standard InChI is InChI=1S/C15H14N2O.ClH/c18-15(13-6-3-9-16-11-13)17-10-4-7-12-5-1-2-8-14(12)17;/h1-3,5-6,8-9,11H,4,7,10H2;1H. The first-order valence-corrected chi connectivity index (χ1v) is 6.16. The lowest BCUT2D eigenvalue weighted by molar-refractivity contribution is 0.0985. The molecule has 0 unspecified atom stereocenters. The third kappa shape index (κ3) is 2.61. The predicted octanol–water partition coefficient (Wildman–Crippen LogP) is 3.10. The zero-order valence-corrected chi connectivity index (χ0v) is 11.3. The Morgan fingerprint density at radius 3 is 2.79 bits per heavy atom. The summed E-state index contributed by atoms with van der Waals surface area (Å²) in [4.78, 5) is 18.3. The van der Waals surface area contributed by atoms with Gasteiger partial charge in [-0.15, -0.1) is 12.4 Å². The molecule has 0 N–H and O–H groups in total. The summed E-state index contributed by atoms with van der Waals surface area (Å²) < 4.78 is 0. The molecule has 98 valence electrons. The molecule has 0 saturated heterocycles. The first kappa shape index (κ1) is 13.6. The molecule has 0 saturated carbocycles. The summed E-state index contributed by atoms with van der Waals surface area (Å²) in [6, 6.07) is 11.7. The van der Waals surface area contributed by atoms with E-state index in [0.717, 1.165) is 25.1 Å². The molecule has 2 aromatic rings. The number of carbonyl (C=O) groups excluding carboxylic acids is 1. The third-order valence-electron chi connectivity index (χ3n) is 3.26. The van der Waals surface area contributed by atoms with Crippen LogP contribution in [0, 0.1) is 0 Å². The number of carbonyl (C=O) groups is 1. The Morgan fingerprint density at radius 1 is 1.16 bits per heavy atom. The van der Waals surface area contributed by atoms with Crippen LogP contribution in [0.15, 0.2) is 48.8 Å². The second kappa shape index (κ2) is 5.85. The average molecular weight is 275 g/mol. The van der Waals surface area contributed by atoms with Crippen molar-refractivity contribution in [3.63, 3.8) is 0 Å². The lowest BCUT2D eigenvalue weighted by atomic mass is 10.0. The number of pyridine rings is 1. The van der Waals surface area contributed by atoms with E-state index in [0.29, 0.717) is 5.56 Å². The lowest BCUT2D eigenvalue weighted by Gasteiger charge is -2.29. The van der Waals surface area contributed by atoms with E-state index in [-0.39, 0.29) is 18.3 Å². The molecule has 0 fully saturated rings. The van der Waals surface area contributed by atoms with Crippen molar-refractivity contribution in [3.05, 3.63) is 59.9 Å². The highest BCUT2D eigenvalue weighted by Gasteiger charge is 2.22. The van der Waals surface area contributed by atoms with Gasteiger partial charge in [0, 0.05) is 24.6 Å². The van der Waals surface area contributed by atoms with Crippen molar-refractivity contribution in [1.82, 2.24) is 4.98 Å². The highest BCUT2D eigenvalue weighted by atomic mass is 35.5. The molecule has 0 radical (unpaired) electrons. The fraction of sp³-hybridized carbons (Fsp3) is 0.200. The van der Waals surface area contributed by atoms with Crippen molar-refractivity contribution in [2.24, 2.45) is 0 Å². The molecule has 19 heavy (non-hydrogen) atoms. The van der Waals surface area contributed by atoms with Gasteiger partial charge in [-0.2, -0.15) is 0 Å². The van der Waals surface area contributed by atoms with Crippen molar-refractivity contribution in [3.8, 4) is 0 Å². The normalized spacial score (nSPS) is 13.4. The molecular weight excluding hydrogens is 260 g/mol. The van der Waals surface area contributed by atoms with E-state index in [1.165, 1.54) is 5.56 Å². The van der Waals surface area contributed by atoms with E-state index in [2.05, 4.69) is 11.1 Å². The van der Waals surface area contributed by atoms with Gasteiger partial charge in [0.05, 0.1) is 5.56 Å². The first-order chi connectivity index (χ1) is 8.86. The molecule has 0 spiro atoms. The van der Waals surface area contributed by atoms with Gasteiger partial charge >= 0.3 is 0 Å². The predicted molar refractivity (Wildman–Crippen MR) is 77.9 cm³/mol. The Labute approximate surface area is 118 Å². The molecular formula is C15H15ClN2O. The minimum Gasteiger partial charge on any atom is -0.308 e. The number of rotatable bonds is 1. The first-order valence-electron chi connectivity index (χ1n) is 6.16. The number of aryl methyl sites for hydroxylation is 1. The summed E-state index contributed by atoms with van der Waals surface area (Å²) in [5, 5.41) is 0. The molecule has 1 aromatic carbocycles. The van der Waals surface area contributed by atoms with Crippen LogP contribution in [0.3, 0.4) is 0 Å². The Kier molecular flexibility index (Phi) is 4.17. The zero-order chi connectivity index (χ0) is 12.4. The molecule has 0 atom stereocenters. The Balaban J connectivity index is 0.00000133. The fourth-order valence-corrected chi connectivity index (χ4v) is 2.39. The van der Waals surface area contributed by atoms with Crippen LogP contribution in [0.1, 0.15) is 22.3 Å². The Bertz CT molecular complexity index is 571. The maximum absolute atomic E-state index is 12.4. The molecule has 1 aromatic heterocycles. The highest BCUT2D eigenvalue weighted by molar-refractivity contribution is 6.06. The van der Waals surface area contributed by atoms with Crippen LogP contribution < -0.4 is 4.90 Å². The van der Waals surface area contributed by atoms with Crippen molar-refractivity contribution in [1.29, 1.82) is 0 Å². The number of hydrogen-bond donors (Lipinski definition) is 0. The van der Waals surface area contributed by atoms with E-state index in [4.69, 9.17) is 0 Å². The monoisotopic (exact) mass is 274 g/mol. The minimum absolute atomic E-state index is 0. The quantitative estimate of drug-likeness (QED) is 0.801. The largest absolute Gasteiger partial charge is 0.308 e. The number of aromatic nitrogens is 1. The second-order valence-electron chi connectivity index (χ2n) is 4.43. The molecule has 1 amide bonds. The fourth-order valence-electron chi connectivity index (χ4n) is 2.39. The van der Waals surface area contributed by atoms with E-state index in [1.54, 1.807) is 18.5 Å². The highest BCUT2D eigenvalue weighted by Crippen LogP contribution is 2.27. The number of hydrogen-bond acceptors (Lipinski definition) is 2. The number of nitrogens with zero attached hydrogens (tertiary/aromatic N) is 2. The molecule has 0 bridgehead atoms. The van der Waals surface area contributed by atoms with Gasteiger partial charge in [0.1, 0.15) is 0 Å². The minimum atomic E-state index is 0. The summed E-state index contributed by atoms with van der Waals surface area (Å²) in [5.74, 6) is 0.0373. The van der Waals surface area contributed by atoms with Crippen LogP contribution in [0.25, 0.3) is 0 Å². The third-order valence-corrected chi connectivity index (χ3v) is 3.26. The number of para-hydroxylation sites is 1. The van der Waals surface area contributed by atoms with Gasteiger partial charge in [-0.3, -0.25) is 9.78 Å². The smallest absolute Gasteiger partial charge is 0.259 e. The number of halogens is 1. The van der Waals surface area contributed by atoms with E-state index in [9.17, 15) is 4.79 Å². The van der Waals surface area contributed by atoms with Crippen LogP contribution in [0.2, 0.25) is 0 Å². The molecule has 1 aliphatic heterocycles. The molecule has 3 rings (SSSR count). The van der Waals surface area contributed by atoms with Crippen LogP contribution in [0.4, 0.5) is 5.69 Å². The van der Waals surface area contributed by atoms with Gasteiger partial charge in [0.15, 0.2) is 0 Å². The van der Waals surface area contributed by atoms with Crippen LogP contribution in [0.5, 0.6) is 0 Å². The lowest BCUT2D eigenvalue weighted by Crippen LogP contribution is -2.35. The summed E-state index contributed by atoms with van der Waals surface area (Å²) in [7, 11) is 0. The summed E-state index contributed by atoms with van der Waals surface area (Å²) >= 11 is 0. The molecule has 3 nitrogen and oxygen atoms in total.